The Balaban J connectivity index is 1.41. The first-order valence-electron chi connectivity index (χ1n) is 8.76. The second kappa shape index (κ2) is 7.55. The highest BCUT2D eigenvalue weighted by Crippen LogP contribution is 2.22. The van der Waals surface area contributed by atoms with Crippen LogP contribution in [0.2, 0.25) is 0 Å². The molecule has 1 atom stereocenters. The predicted octanol–water partition coefficient (Wildman–Crippen LogP) is 1.82. The Morgan fingerprint density at radius 3 is 2.70 bits per heavy atom. The third kappa shape index (κ3) is 3.95. The van der Waals surface area contributed by atoms with Crippen LogP contribution in [0.1, 0.15) is 22.5 Å². The van der Waals surface area contributed by atoms with Gasteiger partial charge < -0.3 is 15.4 Å². The molecule has 0 saturated heterocycles. The van der Waals surface area contributed by atoms with Gasteiger partial charge in [-0.15, -0.1) is 0 Å². The van der Waals surface area contributed by atoms with Gasteiger partial charge in [0, 0.05) is 44.0 Å². The molecule has 0 spiro atoms. The molecule has 27 heavy (non-hydrogen) atoms. The number of aromatic amines is 1. The van der Waals surface area contributed by atoms with Crippen molar-refractivity contribution in [3.05, 3.63) is 71.6 Å². The molecule has 8 nitrogen and oxygen atoms in total. The Hall–Kier alpha value is -3.26. The number of rotatable bonds is 6. The number of nitrogens with one attached hydrogen (secondary N) is 2. The van der Waals surface area contributed by atoms with Crippen LogP contribution in [0.3, 0.4) is 0 Å². The molecule has 3 aromatic rings. The number of H-pyrrole nitrogens is 1. The van der Waals surface area contributed by atoms with Crippen LogP contribution in [0.4, 0.5) is 5.95 Å². The maximum absolute atomic E-state index is 11.6. The fraction of sp³-hybridized carbons (Fsp3) is 0.263. The molecule has 0 bridgehead atoms. The van der Waals surface area contributed by atoms with E-state index in [2.05, 4.69) is 25.3 Å². The Labute approximate surface area is 156 Å². The predicted molar refractivity (Wildman–Crippen MR) is 98.8 cm³/mol. The number of aromatic nitrogens is 4. The zero-order valence-corrected chi connectivity index (χ0v) is 14.7. The van der Waals surface area contributed by atoms with Crippen LogP contribution in [0.25, 0.3) is 0 Å². The lowest BCUT2D eigenvalue weighted by Crippen LogP contribution is -2.45. The summed E-state index contributed by atoms with van der Waals surface area (Å²) in [6, 6.07) is 9.43. The van der Waals surface area contributed by atoms with Gasteiger partial charge in [0.25, 0.3) is 0 Å². The van der Waals surface area contributed by atoms with E-state index in [4.69, 9.17) is 0 Å². The number of aliphatic carboxylic acids is 1. The average Bonchev–Trinajstić information content (AvgIpc) is 3.15. The minimum atomic E-state index is -0.842. The van der Waals surface area contributed by atoms with Gasteiger partial charge in [-0.25, -0.2) is 15.0 Å². The Bertz CT molecular complexity index is 909. The van der Waals surface area contributed by atoms with E-state index in [1.165, 1.54) is 0 Å². The third-order valence-electron chi connectivity index (χ3n) is 4.67. The van der Waals surface area contributed by atoms with E-state index >= 15 is 0 Å². The summed E-state index contributed by atoms with van der Waals surface area (Å²) in [7, 11) is 0. The number of fused-ring (bicyclic) bond motifs is 1. The molecule has 1 unspecified atom stereocenters. The fourth-order valence-corrected chi connectivity index (χ4v) is 3.24. The number of anilines is 1. The number of imidazole rings is 1. The SMILES string of the molecule is O=C(O)C1Cc2nc[nH]c2CN1Cc1cnc(NCc2ccccc2)nc1. The number of benzene rings is 1. The molecule has 1 aliphatic rings. The molecule has 4 rings (SSSR count). The average molecular weight is 364 g/mol. The largest absolute Gasteiger partial charge is 0.480 e. The molecule has 138 valence electrons. The topological polar surface area (TPSA) is 107 Å². The smallest absolute Gasteiger partial charge is 0.321 e. The molecule has 3 N–H and O–H groups in total. The summed E-state index contributed by atoms with van der Waals surface area (Å²) in [6.07, 6.45) is 5.48. The number of carboxylic acid groups (broad SMARTS) is 1. The molecule has 0 saturated carbocycles. The van der Waals surface area contributed by atoms with Crippen LogP contribution < -0.4 is 5.32 Å². The maximum Gasteiger partial charge on any atom is 0.321 e. The lowest BCUT2D eigenvalue weighted by molar-refractivity contribution is -0.144. The number of carbonyl (C=O) groups is 1. The quantitative estimate of drug-likeness (QED) is 0.612. The van der Waals surface area contributed by atoms with Gasteiger partial charge in [0.15, 0.2) is 0 Å². The van der Waals surface area contributed by atoms with E-state index < -0.39 is 12.0 Å². The first-order valence-corrected chi connectivity index (χ1v) is 8.76. The zero-order chi connectivity index (χ0) is 18.6. The molecule has 3 heterocycles. The first kappa shape index (κ1) is 17.2. The molecule has 1 aliphatic heterocycles. The highest BCUT2D eigenvalue weighted by molar-refractivity contribution is 5.74. The number of carboxylic acids is 1. The van der Waals surface area contributed by atoms with Gasteiger partial charge in [-0.3, -0.25) is 9.69 Å². The van der Waals surface area contributed by atoms with Gasteiger partial charge in [0.05, 0.1) is 17.7 Å². The van der Waals surface area contributed by atoms with Crippen LogP contribution in [0.5, 0.6) is 0 Å². The maximum atomic E-state index is 11.6. The molecular formula is C19H20N6O2. The van der Waals surface area contributed by atoms with Crippen LogP contribution in [-0.2, 0) is 30.8 Å². The van der Waals surface area contributed by atoms with E-state index in [9.17, 15) is 9.90 Å². The lowest BCUT2D eigenvalue weighted by atomic mass is 10.0. The summed E-state index contributed by atoms with van der Waals surface area (Å²) in [4.78, 5) is 29.5. The normalized spacial score (nSPS) is 16.7. The van der Waals surface area contributed by atoms with Crippen molar-refractivity contribution in [1.29, 1.82) is 0 Å². The lowest BCUT2D eigenvalue weighted by Gasteiger charge is -2.32. The second-order valence-corrected chi connectivity index (χ2v) is 6.54. The van der Waals surface area contributed by atoms with E-state index in [0.29, 0.717) is 32.0 Å². The van der Waals surface area contributed by atoms with Gasteiger partial charge in [-0.1, -0.05) is 30.3 Å². The molecular weight excluding hydrogens is 344 g/mol. The monoisotopic (exact) mass is 364 g/mol. The third-order valence-corrected chi connectivity index (χ3v) is 4.67. The minimum absolute atomic E-state index is 0.395. The van der Waals surface area contributed by atoms with Crippen molar-refractivity contribution >= 4 is 11.9 Å². The molecule has 0 radical (unpaired) electrons. The van der Waals surface area contributed by atoms with Gasteiger partial charge >= 0.3 is 5.97 Å². The highest BCUT2D eigenvalue weighted by Gasteiger charge is 2.32. The van der Waals surface area contributed by atoms with Crippen LogP contribution >= 0.6 is 0 Å². The fourth-order valence-electron chi connectivity index (χ4n) is 3.24. The van der Waals surface area contributed by atoms with Gasteiger partial charge in [-0.05, 0) is 5.56 Å². The zero-order valence-electron chi connectivity index (χ0n) is 14.7. The minimum Gasteiger partial charge on any atom is -0.480 e. The molecule has 8 heteroatoms. The Morgan fingerprint density at radius 1 is 1.19 bits per heavy atom. The van der Waals surface area contributed by atoms with Crippen LogP contribution in [-0.4, -0.2) is 42.0 Å². The highest BCUT2D eigenvalue weighted by atomic mass is 16.4. The van der Waals surface area contributed by atoms with E-state index in [1.54, 1.807) is 18.7 Å². The van der Waals surface area contributed by atoms with E-state index in [0.717, 1.165) is 22.5 Å². The van der Waals surface area contributed by atoms with Crippen molar-refractivity contribution in [2.45, 2.75) is 32.1 Å². The molecule has 0 amide bonds. The van der Waals surface area contributed by atoms with E-state index in [1.807, 2.05) is 35.2 Å². The molecule has 1 aromatic carbocycles. The first-order chi connectivity index (χ1) is 13.2. The number of nitrogens with zero attached hydrogens (tertiary/aromatic N) is 4. The Morgan fingerprint density at radius 2 is 1.96 bits per heavy atom. The van der Waals surface area contributed by atoms with Gasteiger partial charge in [0.1, 0.15) is 6.04 Å². The molecule has 0 aliphatic carbocycles. The van der Waals surface area contributed by atoms with Crippen molar-refractivity contribution in [3.8, 4) is 0 Å². The Kier molecular flexibility index (Phi) is 4.80. The summed E-state index contributed by atoms with van der Waals surface area (Å²) in [5.74, 6) is -0.294. The van der Waals surface area contributed by atoms with Crippen LogP contribution in [0, 0.1) is 0 Å². The second-order valence-electron chi connectivity index (χ2n) is 6.54. The standard InChI is InChI=1S/C19H20N6O2/c26-18(27)17-6-15-16(24-12-23-15)11-25(17)10-14-8-21-19(22-9-14)20-7-13-4-2-1-3-5-13/h1-5,8-9,12,17H,6-7,10-11H2,(H,23,24)(H,26,27)(H,20,21,22). The molecule has 2 aromatic heterocycles. The van der Waals surface area contributed by atoms with Gasteiger partial charge in [0.2, 0.25) is 5.95 Å². The summed E-state index contributed by atoms with van der Waals surface area (Å²) in [6.45, 7) is 1.63. The van der Waals surface area contributed by atoms with Crippen molar-refractivity contribution in [2.75, 3.05) is 5.32 Å². The summed E-state index contributed by atoms with van der Waals surface area (Å²) in [5, 5.41) is 12.7. The number of hydrogen-bond acceptors (Lipinski definition) is 6. The van der Waals surface area contributed by atoms with E-state index in [-0.39, 0.29) is 0 Å². The van der Waals surface area contributed by atoms with Crippen molar-refractivity contribution < 1.29 is 9.90 Å². The van der Waals surface area contributed by atoms with Crippen LogP contribution in [0.15, 0.2) is 49.1 Å². The molecule has 0 fully saturated rings. The number of hydrogen-bond donors (Lipinski definition) is 3. The summed E-state index contributed by atoms with van der Waals surface area (Å²) >= 11 is 0. The van der Waals surface area contributed by atoms with Crippen molar-refractivity contribution in [3.63, 3.8) is 0 Å². The summed E-state index contributed by atoms with van der Waals surface area (Å²) in [5.41, 5.74) is 3.82. The van der Waals surface area contributed by atoms with Crippen molar-refractivity contribution in [1.82, 2.24) is 24.8 Å². The van der Waals surface area contributed by atoms with Crippen molar-refractivity contribution in [2.24, 2.45) is 0 Å². The summed E-state index contributed by atoms with van der Waals surface area (Å²) < 4.78 is 0. The van der Waals surface area contributed by atoms with Gasteiger partial charge in [-0.2, -0.15) is 0 Å².